The summed E-state index contributed by atoms with van der Waals surface area (Å²) in [5, 5.41) is 0.614. The van der Waals surface area contributed by atoms with Crippen LogP contribution in [0.25, 0.3) is 11.4 Å². The van der Waals surface area contributed by atoms with Crippen LogP contribution in [0.3, 0.4) is 0 Å². The number of benzene rings is 1. The zero-order valence-electron chi connectivity index (χ0n) is 21.4. The molecule has 1 aromatic carbocycles. The number of amides is 1. The van der Waals surface area contributed by atoms with Crippen LogP contribution in [0.4, 0.5) is 5.69 Å². The predicted molar refractivity (Wildman–Crippen MR) is 139 cm³/mol. The van der Waals surface area contributed by atoms with Gasteiger partial charge in [-0.25, -0.2) is 9.97 Å². The number of hydrogen-bond donors (Lipinski definition) is 0. The van der Waals surface area contributed by atoms with Gasteiger partial charge in [0.25, 0.3) is 5.91 Å². The topological polar surface area (TPSA) is 82.4 Å². The van der Waals surface area contributed by atoms with Crippen molar-refractivity contribution in [1.29, 1.82) is 0 Å². The van der Waals surface area contributed by atoms with Crippen molar-refractivity contribution < 1.29 is 14.3 Å². The minimum Gasteiger partial charge on any atom is -0.480 e. The summed E-state index contributed by atoms with van der Waals surface area (Å²) >= 11 is 6.41. The molecule has 1 fully saturated rings. The van der Waals surface area contributed by atoms with Crippen LogP contribution in [0.1, 0.15) is 79.8 Å². The van der Waals surface area contributed by atoms with E-state index in [2.05, 4.69) is 28.4 Å². The Morgan fingerprint density at radius 2 is 1.83 bits per heavy atom. The minimum absolute atomic E-state index is 0.0438. The standard InChI is InChI=1S/C27H32ClN5O3/c1-15(2)32-23-21(30-24(32)19-14-29-27(36-5)31-25(19)35-4)26(34)33(20-13-18(28)12-11-16(20)3)22(23)17-9-7-6-8-10-17/h11-15,17,22H,6-10H2,1-5H3. The molecule has 0 bridgehead atoms. The molecule has 1 unspecified atom stereocenters. The van der Waals surface area contributed by atoms with Gasteiger partial charge < -0.3 is 14.0 Å². The molecule has 1 amide bonds. The number of rotatable bonds is 6. The maximum atomic E-state index is 14.1. The first-order valence-electron chi connectivity index (χ1n) is 12.5. The molecule has 3 heterocycles. The molecule has 1 aliphatic heterocycles. The van der Waals surface area contributed by atoms with E-state index in [-0.39, 0.29) is 24.0 Å². The van der Waals surface area contributed by atoms with E-state index >= 15 is 0 Å². The van der Waals surface area contributed by atoms with E-state index in [1.54, 1.807) is 13.3 Å². The normalized spacial score (nSPS) is 18.1. The van der Waals surface area contributed by atoms with Crippen molar-refractivity contribution in [3.63, 3.8) is 0 Å². The van der Waals surface area contributed by atoms with Gasteiger partial charge in [0, 0.05) is 22.9 Å². The molecule has 1 saturated carbocycles. The average Bonchev–Trinajstić information content (AvgIpc) is 3.40. The molecule has 36 heavy (non-hydrogen) atoms. The molecule has 3 aromatic rings. The Labute approximate surface area is 216 Å². The molecule has 5 rings (SSSR count). The number of ether oxygens (including phenoxy) is 2. The van der Waals surface area contributed by atoms with E-state index in [0.717, 1.165) is 42.6 Å². The van der Waals surface area contributed by atoms with Crippen LogP contribution < -0.4 is 14.4 Å². The quantitative estimate of drug-likeness (QED) is 0.394. The third-order valence-corrected chi connectivity index (χ3v) is 7.55. The van der Waals surface area contributed by atoms with E-state index < -0.39 is 0 Å². The lowest BCUT2D eigenvalue weighted by atomic mass is 9.82. The number of anilines is 1. The molecule has 8 nitrogen and oxygen atoms in total. The molecule has 1 atom stereocenters. The zero-order valence-corrected chi connectivity index (χ0v) is 22.2. The fourth-order valence-electron chi connectivity index (χ4n) is 5.70. The molecule has 0 N–H and O–H groups in total. The summed E-state index contributed by atoms with van der Waals surface area (Å²) in [7, 11) is 3.07. The van der Waals surface area contributed by atoms with Crippen LogP contribution in [0.5, 0.6) is 11.9 Å². The minimum atomic E-state index is -0.126. The van der Waals surface area contributed by atoms with E-state index in [4.69, 9.17) is 26.1 Å². The van der Waals surface area contributed by atoms with Gasteiger partial charge >= 0.3 is 6.01 Å². The number of imidazole rings is 1. The number of carbonyl (C=O) groups excluding carboxylic acids is 1. The number of carbonyl (C=O) groups is 1. The van der Waals surface area contributed by atoms with Crippen LogP contribution in [-0.4, -0.2) is 39.6 Å². The lowest BCUT2D eigenvalue weighted by Gasteiger charge is -2.36. The van der Waals surface area contributed by atoms with Crippen LogP contribution >= 0.6 is 11.6 Å². The number of methoxy groups -OCH3 is 2. The second kappa shape index (κ2) is 9.73. The van der Waals surface area contributed by atoms with Gasteiger partial charge in [0.1, 0.15) is 5.82 Å². The third-order valence-electron chi connectivity index (χ3n) is 7.32. The molecular weight excluding hydrogens is 478 g/mol. The maximum Gasteiger partial charge on any atom is 0.319 e. The van der Waals surface area contributed by atoms with E-state index in [1.165, 1.54) is 13.5 Å². The summed E-state index contributed by atoms with van der Waals surface area (Å²) < 4.78 is 12.9. The average molecular weight is 510 g/mol. The van der Waals surface area contributed by atoms with Crippen LogP contribution in [-0.2, 0) is 0 Å². The molecule has 1 aliphatic carbocycles. The maximum absolute atomic E-state index is 14.1. The van der Waals surface area contributed by atoms with Gasteiger partial charge in [0.2, 0.25) is 5.88 Å². The van der Waals surface area contributed by atoms with Crippen LogP contribution in [0.2, 0.25) is 5.02 Å². The zero-order chi connectivity index (χ0) is 25.6. The molecule has 0 saturated heterocycles. The first-order valence-corrected chi connectivity index (χ1v) is 12.9. The molecule has 190 valence electrons. The third kappa shape index (κ3) is 4.01. The Kier molecular flexibility index (Phi) is 6.64. The second-order valence-electron chi connectivity index (χ2n) is 9.86. The highest BCUT2D eigenvalue weighted by atomic mass is 35.5. The van der Waals surface area contributed by atoms with Crippen LogP contribution in [0.15, 0.2) is 24.4 Å². The largest absolute Gasteiger partial charge is 0.480 e. The molecular formula is C27H32ClN5O3. The van der Waals surface area contributed by atoms with Gasteiger partial charge in [0.05, 0.1) is 31.5 Å². The van der Waals surface area contributed by atoms with Gasteiger partial charge in [-0.15, -0.1) is 0 Å². The Morgan fingerprint density at radius 1 is 1.08 bits per heavy atom. The van der Waals surface area contributed by atoms with E-state index in [9.17, 15) is 4.79 Å². The lowest BCUT2D eigenvalue weighted by Crippen LogP contribution is -2.35. The molecule has 0 radical (unpaired) electrons. The first kappa shape index (κ1) is 24.6. The Hall–Kier alpha value is -3.13. The summed E-state index contributed by atoms with van der Waals surface area (Å²) in [4.78, 5) is 29.7. The molecule has 2 aliphatic rings. The van der Waals surface area contributed by atoms with Gasteiger partial charge in [-0.3, -0.25) is 9.69 Å². The lowest BCUT2D eigenvalue weighted by molar-refractivity contribution is 0.0977. The smallest absolute Gasteiger partial charge is 0.319 e. The fourth-order valence-corrected chi connectivity index (χ4v) is 5.87. The summed E-state index contributed by atoms with van der Waals surface area (Å²) in [5.74, 6) is 1.22. The van der Waals surface area contributed by atoms with E-state index in [0.29, 0.717) is 33.9 Å². The Morgan fingerprint density at radius 3 is 2.50 bits per heavy atom. The Balaban J connectivity index is 1.73. The van der Waals surface area contributed by atoms with Gasteiger partial charge in [0.15, 0.2) is 5.69 Å². The summed E-state index contributed by atoms with van der Waals surface area (Å²) in [5.41, 5.74) is 3.92. The molecule has 2 aromatic heterocycles. The van der Waals surface area contributed by atoms with Crippen molar-refractivity contribution >= 4 is 23.2 Å². The van der Waals surface area contributed by atoms with Gasteiger partial charge in [-0.2, -0.15) is 4.98 Å². The number of aryl methyl sites for hydroxylation is 1. The van der Waals surface area contributed by atoms with Crippen LogP contribution in [0, 0.1) is 12.8 Å². The van der Waals surface area contributed by atoms with Crippen molar-refractivity contribution in [2.45, 2.75) is 65.0 Å². The number of nitrogens with zero attached hydrogens (tertiary/aromatic N) is 5. The second-order valence-corrected chi connectivity index (χ2v) is 10.3. The monoisotopic (exact) mass is 509 g/mol. The number of aromatic nitrogens is 4. The highest BCUT2D eigenvalue weighted by Gasteiger charge is 2.47. The van der Waals surface area contributed by atoms with Crippen molar-refractivity contribution in [1.82, 2.24) is 19.5 Å². The Bertz CT molecular complexity index is 1300. The highest BCUT2D eigenvalue weighted by Crippen LogP contribution is 2.49. The number of hydrogen-bond acceptors (Lipinski definition) is 6. The summed E-state index contributed by atoms with van der Waals surface area (Å²) in [6.07, 6.45) is 7.35. The number of fused-ring (bicyclic) bond motifs is 1. The van der Waals surface area contributed by atoms with Crippen molar-refractivity contribution in [2.75, 3.05) is 19.1 Å². The molecule has 0 spiro atoms. The fraction of sp³-hybridized carbons (Fsp3) is 0.481. The van der Waals surface area contributed by atoms with E-state index in [1.807, 2.05) is 30.0 Å². The van der Waals surface area contributed by atoms with Gasteiger partial charge in [-0.1, -0.05) is 36.9 Å². The molecule has 9 heteroatoms. The predicted octanol–water partition coefficient (Wildman–Crippen LogP) is 6.18. The van der Waals surface area contributed by atoms with Crippen molar-refractivity contribution in [3.05, 3.63) is 46.4 Å². The van der Waals surface area contributed by atoms with Crippen molar-refractivity contribution in [3.8, 4) is 23.3 Å². The highest BCUT2D eigenvalue weighted by molar-refractivity contribution is 6.31. The number of halogens is 1. The SMILES string of the molecule is COc1ncc(-c2nc3c(n2C(C)C)C(C2CCCCC2)N(c2cc(Cl)ccc2C)C3=O)c(OC)n1. The van der Waals surface area contributed by atoms with Crippen molar-refractivity contribution in [2.24, 2.45) is 5.92 Å². The van der Waals surface area contributed by atoms with Gasteiger partial charge in [-0.05, 0) is 57.2 Å². The summed E-state index contributed by atoms with van der Waals surface area (Å²) in [6, 6.07) is 5.87. The first-order chi connectivity index (χ1) is 17.3. The summed E-state index contributed by atoms with van der Waals surface area (Å²) in [6.45, 7) is 6.24.